The van der Waals surface area contributed by atoms with Gasteiger partial charge in [0.1, 0.15) is 6.10 Å². The Morgan fingerprint density at radius 1 is 1.53 bits per heavy atom. The van der Waals surface area contributed by atoms with Gasteiger partial charge < -0.3 is 4.74 Å². The van der Waals surface area contributed by atoms with E-state index in [0.717, 1.165) is 12.8 Å². The Hall–Kier alpha value is -0.630. The van der Waals surface area contributed by atoms with Crippen molar-refractivity contribution in [1.82, 2.24) is 0 Å². The van der Waals surface area contributed by atoms with E-state index < -0.39 is 0 Å². The van der Waals surface area contributed by atoms with Crippen LogP contribution >= 0.6 is 0 Å². The Morgan fingerprint density at radius 2 is 2.13 bits per heavy atom. The van der Waals surface area contributed by atoms with Crippen LogP contribution < -0.4 is 0 Å². The third kappa shape index (κ3) is 1.87. The molecule has 0 spiro atoms. The number of hydrogen-bond donors (Lipinski definition) is 0. The number of ether oxygens (including phenoxy) is 1. The van der Waals surface area contributed by atoms with Crippen LogP contribution in [0, 0.1) is 11.3 Å². The first kappa shape index (κ1) is 10.9. The lowest BCUT2D eigenvalue weighted by Crippen LogP contribution is -2.37. The molecule has 0 aromatic rings. The van der Waals surface area contributed by atoms with Crippen LogP contribution in [-0.2, 0) is 9.53 Å². The van der Waals surface area contributed by atoms with Gasteiger partial charge in [-0.3, -0.25) is 4.79 Å². The smallest absolute Gasteiger partial charge is 0.171 e. The van der Waals surface area contributed by atoms with Crippen molar-refractivity contribution in [2.24, 2.45) is 11.3 Å². The molecule has 2 rings (SSSR count). The normalized spacial score (nSPS) is 38.4. The molecule has 0 saturated carbocycles. The molecule has 2 aliphatic rings. The standard InChI is InChI=1S/C13H20O2/c1-8-6-5-7-13(3,4)10(8)11(14)12-9(2)15-12/h6,9-10,12H,5,7H2,1-4H3. The molecule has 0 amide bonds. The second-order valence-electron chi connectivity index (χ2n) is 5.57. The molecule has 15 heavy (non-hydrogen) atoms. The summed E-state index contributed by atoms with van der Waals surface area (Å²) >= 11 is 0. The molecule has 1 fully saturated rings. The number of carbonyl (C=O) groups excluding carboxylic acids is 1. The molecular formula is C13H20O2. The zero-order valence-electron chi connectivity index (χ0n) is 10.0. The van der Waals surface area contributed by atoms with Crippen molar-refractivity contribution < 1.29 is 9.53 Å². The summed E-state index contributed by atoms with van der Waals surface area (Å²) in [5.41, 5.74) is 1.33. The van der Waals surface area contributed by atoms with Gasteiger partial charge in [-0.15, -0.1) is 0 Å². The first-order chi connectivity index (χ1) is 6.93. The molecule has 1 heterocycles. The molecule has 1 aliphatic heterocycles. The average molecular weight is 208 g/mol. The van der Waals surface area contributed by atoms with E-state index in [0.29, 0.717) is 5.78 Å². The predicted molar refractivity (Wildman–Crippen MR) is 59.6 cm³/mol. The highest BCUT2D eigenvalue weighted by molar-refractivity contribution is 5.91. The first-order valence-electron chi connectivity index (χ1n) is 5.79. The number of carbonyl (C=O) groups is 1. The number of Topliss-reactive ketones (excluding diaryl/α,β-unsaturated/α-hetero) is 1. The summed E-state index contributed by atoms with van der Waals surface area (Å²) in [4.78, 5) is 12.2. The predicted octanol–water partition coefficient (Wildman–Crippen LogP) is 2.73. The van der Waals surface area contributed by atoms with Crippen molar-refractivity contribution in [3.05, 3.63) is 11.6 Å². The van der Waals surface area contributed by atoms with Crippen molar-refractivity contribution in [2.75, 3.05) is 0 Å². The van der Waals surface area contributed by atoms with Gasteiger partial charge in [-0.25, -0.2) is 0 Å². The molecule has 84 valence electrons. The second-order valence-corrected chi connectivity index (χ2v) is 5.57. The highest BCUT2D eigenvalue weighted by Crippen LogP contribution is 2.44. The zero-order chi connectivity index (χ0) is 11.2. The molecule has 0 radical (unpaired) electrons. The van der Waals surface area contributed by atoms with Crippen molar-refractivity contribution >= 4 is 5.78 Å². The van der Waals surface area contributed by atoms with E-state index in [2.05, 4.69) is 26.8 Å². The lowest BCUT2D eigenvalue weighted by atomic mass is 9.66. The quantitative estimate of drug-likeness (QED) is 0.516. The lowest BCUT2D eigenvalue weighted by Gasteiger charge is -2.37. The zero-order valence-corrected chi connectivity index (χ0v) is 10.0. The number of hydrogen-bond acceptors (Lipinski definition) is 2. The van der Waals surface area contributed by atoms with Crippen molar-refractivity contribution in [2.45, 2.75) is 52.7 Å². The molecule has 2 nitrogen and oxygen atoms in total. The van der Waals surface area contributed by atoms with Gasteiger partial charge in [0.2, 0.25) is 0 Å². The van der Waals surface area contributed by atoms with Crippen LogP contribution in [-0.4, -0.2) is 18.0 Å². The summed E-state index contributed by atoms with van der Waals surface area (Å²) in [5, 5.41) is 0. The van der Waals surface area contributed by atoms with Gasteiger partial charge in [0.25, 0.3) is 0 Å². The van der Waals surface area contributed by atoms with Crippen LogP contribution in [0.25, 0.3) is 0 Å². The molecule has 3 atom stereocenters. The Morgan fingerprint density at radius 3 is 2.60 bits per heavy atom. The van der Waals surface area contributed by atoms with Crippen LogP contribution in [0.15, 0.2) is 11.6 Å². The van der Waals surface area contributed by atoms with Crippen LogP contribution in [0.4, 0.5) is 0 Å². The molecule has 2 heteroatoms. The van der Waals surface area contributed by atoms with Gasteiger partial charge >= 0.3 is 0 Å². The fourth-order valence-electron chi connectivity index (χ4n) is 2.81. The second kappa shape index (κ2) is 3.44. The van der Waals surface area contributed by atoms with Crippen LogP contribution in [0.3, 0.4) is 0 Å². The maximum atomic E-state index is 12.2. The Bertz CT molecular complexity index is 314. The maximum absolute atomic E-state index is 12.2. The summed E-state index contributed by atoms with van der Waals surface area (Å²) in [7, 11) is 0. The summed E-state index contributed by atoms with van der Waals surface area (Å²) in [6.45, 7) is 8.44. The monoisotopic (exact) mass is 208 g/mol. The summed E-state index contributed by atoms with van der Waals surface area (Å²) < 4.78 is 5.30. The minimum Gasteiger partial charge on any atom is -0.362 e. The molecule has 0 aromatic heterocycles. The number of rotatable bonds is 2. The minimum absolute atomic E-state index is 0.0706. The summed E-state index contributed by atoms with van der Waals surface area (Å²) in [6, 6.07) is 0. The molecule has 1 aliphatic carbocycles. The van der Waals surface area contributed by atoms with Crippen LogP contribution in [0.5, 0.6) is 0 Å². The summed E-state index contributed by atoms with van der Waals surface area (Å²) in [5.74, 6) is 0.363. The van der Waals surface area contributed by atoms with Gasteiger partial charge in [0.05, 0.1) is 6.10 Å². The van der Waals surface area contributed by atoms with Crippen LogP contribution in [0.2, 0.25) is 0 Å². The molecular weight excluding hydrogens is 188 g/mol. The van der Waals surface area contributed by atoms with E-state index in [1.54, 1.807) is 0 Å². The Kier molecular flexibility index (Phi) is 2.50. The van der Waals surface area contributed by atoms with Gasteiger partial charge in [-0.05, 0) is 32.1 Å². The molecule has 0 bridgehead atoms. The van der Waals surface area contributed by atoms with E-state index in [9.17, 15) is 4.79 Å². The Labute approximate surface area is 91.7 Å². The topological polar surface area (TPSA) is 29.6 Å². The van der Waals surface area contributed by atoms with Gasteiger partial charge in [0.15, 0.2) is 5.78 Å². The van der Waals surface area contributed by atoms with Gasteiger partial charge in [0, 0.05) is 5.92 Å². The van der Waals surface area contributed by atoms with Crippen molar-refractivity contribution in [1.29, 1.82) is 0 Å². The van der Waals surface area contributed by atoms with Gasteiger partial charge in [-0.1, -0.05) is 25.5 Å². The maximum Gasteiger partial charge on any atom is 0.171 e. The van der Waals surface area contributed by atoms with E-state index in [4.69, 9.17) is 4.74 Å². The fraction of sp³-hybridized carbons (Fsp3) is 0.769. The number of ketones is 1. The third-order valence-corrected chi connectivity index (χ3v) is 3.77. The van der Waals surface area contributed by atoms with E-state index in [-0.39, 0.29) is 23.5 Å². The van der Waals surface area contributed by atoms with E-state index >= 15 is 0 Å². The number of allylic oxidation sites excluding steroid dienone is 2. The SMILES string of the molecule is CC1=CCCC(C)(C)C1C(=O)C1OC1C. The molecule has 0 aromatic carbocycles. The average Bonchev–Trinajstić information content (AvgIpc) is 2.80. The lowest BCUT2D eigenvalue weighted by molar-refractivity contribution is -0.126. The first-order valence-corrected chi connectivity index (χ1v) is 5.79. The van der Waals surface area contributed by atoms with Crippen LogP contribution in [0.1, 0.15) is 40.5 Å². The minimum atomic E-state index is -0.129. The van der Waals surface area contributed by atoms with Crippen molar-refractivity contribution in [3.8, 4) is 0 Å². The Balaban J connectivity index is 2.20. The summed E-state index contributed by atoms with van der Waals surface area (Å²) in [6.07, 6.45) is 4.42. The molecule has 3 unspecified atom stereocenters. The van der Waals surface area contributed by atoms with Gasteiger partial charge in [-0.2, -0.15) is 0 Å². The van der Waals surface area contributed by atoms with Crippen molar-refractivity contribution in [3.63, 3.8) is 0 Å². The molecule has 1 saturated heterocycles. The van der Waals surface area contributed by atoms with E-state index in [1.807, 2.05) is 6.92 Å². The largest absolute Gasteiger partial charge is 0.362 e. The highest BCUT2D eigenvalue weighted by atomic mass is 16.6. The molecule has 0 N–H and O–H groups in total. The third-order valence-electron chi connectivity index (χ3n) is 3.77. The fourth-order valence-corrected chi connectivity index (χ4v) is 2.81. The highest BCUT2D eigenvalue weighted by Gasteiger charge is 2.49. The van der Waals surface area contributed by atoms with E-state index in [1.165, 1.54) is 5.57 Å². The number of epoxide rings is 1.